The first-order valence-corrected chi connectivity index (χ1v) is 22.6. The lowest BCUT2D eigenvalue weighted by molar-refractivity contribution is -0.167. The van der Waals surface area contributed by atoms with Crippen molar-refractivity contribution in [3.8, 4) is 11.5 Å². The smallest absolute Gasteiger partial charge is 0.328 e. The molecule has 1 saturated heterocycles. The quantitative estimate of drug-likeness (QED) is 0.0250. The molecule has 0 unspecified atom stereocenters. The second-order valence-corrected chi connectivity index (χ2v) is 15.8. The van der Waals surface area contributed by atoms with Gasteiger partial charge in [-0.25, -0.2) is 4.90 Å². The summed E-state index contributed by atoms with van der Waals surface area (Å²) in [6, 6.07) is 9.01. The molecule has 4 rings (SSSR count). The molecule has 2 aromatic carbocycles. The molecule has 0 radical (unpaired) electrons. The Morgan fingerprint density at radius 1 is 0.526 bits per heavy atom. The summed E-state index contributed by atoms with van der Waals surface area (Å²) in [7, 11) is 0. The maximum atomic E-state index is 13.7. The Kier molecular flexibility index (Phi) is 22.7. The molecule has 1 aliphatic heterocycles. The van der Waals surface area contributed by atoms with Crippen LogP contribution in [0.25, 0.3) is 17.0 Å². The normalized spacial score (nSPS) is 12.3. The van der Waals surface area contributed by atoms with E-state index >= 15 is 0 Å². The number of nitrogens with zero attached hydrogens (tertiary/aromatic N) is 4. The van der Waals surface area contributed by atoms with Crippen molar-refractivity contribution in [2.24, 2.45) is 0 Å². The SMILES string of the molecule is CC(=O)OCOC(=O)CN(CC(=O)OCOC(C)=O)c1ccc(C)cc1OCCOc1cc2cc(C=C3C(=O)N(COC(C)=O)C(=S)N3COC(C)=O)oc2cc1N(CC(=O)OCOC(C)=O)CC(=O)OCOC(C)=O. The Bertz CT molecular complexity index is 2670. The van der Waals surface area contributed by atoms with E-state index in [9.17, 15) is 52.7 Å². The molecule has 1 aromatic heterocycles. The molecule has 1 fully saturated rings. The van der Waals surface area contributed by atoms with Crippen LogP contribution in [0.2, 0.25) is 0 Å². The first-order valence-electron chi connectivity index (χ1n) is 22.2. The van der Waals surface area contributed by atoms with Crippen LogP contribution in [-0.2, 0) is 100 Å². The number of rotatable bonds is 28. The molecule has 2 heterocycles. The van der Waals surface area contributed by atoms with Crippen LogP contribution >= 0.6 is 12.2 Å². The molecule has 76 heavy (non-hydrogen) atoms. The first-order chi connectivity index (χ1) is 36.0. The fraction of sp³-hybridized carbons (Fsp3) is 0.404. The molecule has 3 aromatic rings. The molecule has 0 spiro atoms. The zero-order valence-electron chi connectivity index (χ0n) is 42.0. The van der Waals surface area contributed by atoms with E-state index < -0.39 is 132 Å². The van der Waals surface area contributed by atoms with E-state index in [4.69, 9.17) is 64.0 Å². The van der Waals surface area contributed by atoms with Crippen molar-refractivity contribution < 1.29 is 114 Å². The number of furan rings is 1. The highest BCUT2D eigenvalue weighted by Gasteiger charge is 2.39. The summed E-state index contributed by atoms with van der Waals surface area (Å²) >= 11 is 5.45. The predicted molar refractivity (Wildman–Crippen MR) is 256 cm³/mol. The second-order valence-electron chi connectivity index (χ2n) is 15.5. The molecule has 29 heteroatoms. The van der Waals surface area contributed by atoms with Gasteiger partial charge in [-0.2, -0.15) is 0 Å². The van der Waals surface area contributed by atoms with Gasteiger partial charge in [-0.15, -0.1) is 0 Å². The lowest BCUT2D eigenvalue weighted by Crippen LogP contribution is -2.37. The van der Waals surface area contributed by atoms with Crippen LogP contribution in [0.4, 0.5) is 11.4 Å². The van der Waals surface area contributed by atoms with E-state index in [1.165, 1.54) is 35.2 Å². The van der Waals surface area contributed by atoms with Gasteiger partial charge in [0.1, 0.15) is 67.9 Å². The number of anilines is 2. The van der Waals surface area contributed by atoms with Crippen LogP contribution in [0.5, 0.6) is 11.5 Å². The molecule has 0 atom stereocenters. The predicted octanol–water partition coefficient (Wildman–Crippen LogP) is 1.88. The van der Waals surface area contributed by atoms with Gasteiger partial charge >= 0.3 is 59.7 Å². The molecular weight excluding hydrogens is 1040 g/mol. The number of amides is 1. The molecule has 28 nitrogen and oxygen atoms in total. The molecule has 0 saturated carbocycles. The number of hydrogen-bond donors (Lipinski definition) is 0. The third kappa shape index (κ3) is 19.4. The van der Waals surface area contributed by atoms with Gasteiger partial charge in [0.25, 0.3) is 5.91 Å². The summed E-state index contributed by atoms with van der Waals surface area (Å²) in [4.78, 5) is 139. The van der Waals surface area contributed by atoms with Crippen LogP contribution in [0, 0.1) is 6.92 Å². The van der Waals surface area contributed by atoms with Crippen LogP contribution < -0.4 is 19.3 Å². The highest BCUT2D eigenvalue weighted by Crippen LogP contribution is 2.37. The van der Waals surface area contributed by atoms with Gasteiger partial charge in [-0.3, -0.25) is 57.6 Å². The minimum absolute atomic E-state index is 0.00456. The summed E-state index contributed by atoms with van der Waals surface area (Å²) in [5.74, 6) is -8.97. The Hall–Kier alpha value is -9.02. The van der Waals surface area contributed by atoms with Crippen LogP contribution in [0.3, 0.4) is 0 Å². The Morgan fingerprint density at radius 2 is 0.934 bits per heavy atom. The zero-order valence-corrected chi connectivity index (χ0v) is 42.8. The number of aryl methyl sites for hydroxylation is 1. The van der Waals surface area contributed by atoms with Gasteiger partial charge in [0.15, 0.2) is 18.6 Å². The summed E-state index contributed by atoms with van der Waals surface area (Å²) in [6.45, 7) is 1.00. The average Bonchev–Trinajstić information content (AvgIpc) is 3.82. The van der Waals surface area contributed by atoms with Gasteiger partial charge in [-0.1, -0.05) is 6.07 Å². The average molecular weight is 1090 g/mol. The number of thiocarbonyl (C=S) groups is 1. The van der Waals surface area contributed by atoms with Crippen molar-refractivity contribution in [2.75, 3.05) is 89.8 Å². The number of ether oxygens (including phenoxy) is 12. The van der Waals surface area contributed by atoms with Crippen molar-refractivity contribution in [1.82, 2.24) is 9.80 Å². The largest absolute Gasteiger partial charge is 0.488 e. The third-order valence-electron chi connectivity index (χ3n) is 9.51. The zero-order chi connectivity index (χ0) is 56.1. The van der Waals surface area contributed by atoms with Crippen LogP contribution in [0.15, 0.2) is 46.5 Å². The molecule has 0 N–H and O–H groups in total. The molecule has 410 valence electrons. The molecule has 1 aliphatic rings. The lowest BCUT2D eigenvalue weighted by atomic mass is 10.2. The number of fused-ring (bicyclic) bond motifs is 1. The van der Waals surface area contributed by atoms with Crippen molar-refractivity contribution in [3.05, 3.63) is 53.4 Å². The summed E-state index contributed by atoms with van der Waals surface area (Å²) in [6.07, 6.45) is 1.26. The summed E-state index contributed by atoms with van der Waals surface area (Å²) in [5, 5.41) is 0.130. The minimum atomic E-state index is -1.02. The molecular formula is C47H52N4O24S. The van der Waals surface area contributed by atoms with Crippen LogP contribution in [0.1, 0.15) is 52.9 Å². The Labute approximate surface area is 437 Å². The lowest BCUT2D eigenvalue weighted by Gasteiger charge is -2.26. The standard InChI is InChI=1S/C47H52N4O24S/c1-27-8-9-36(48(17-42(58)71-23-67-30(4)54)18-43(59)72-24-68-31(5)55)40(12-27)63-10-11-64-41-14-34-13-35(15-38-46(62)51(22-66-29(3)53)47(76)50(38)21-65-28(2)52)75-39(34)16-37(41)49(19-44(60)73-25-69-32(6)56)20-45(61)74-26-70-33(7)57/h8-9,12-16H,10-11,17-26H2,1-7H3. The van der Waals surface area contributed by atoms with Gasteiger partial charge in [0.05, 0.1) is 11.4 Å². The van der Waals surface area contributed by atoms with Crippen LogP contribution in [-0.4, -0.2) is 161 Å². The molecule has 1 amide bonds. The van der Waals surface area contributed by atoms with Gasteiger partial charge in [0.2, 0.25) is 27.2 Å². The fourth-order valence-corrected chi connectivity index (χ4v) is 6.48. The fourth-order valence-electron chi connectivity index (χ4n) is 6.20. The highest BCUT2D eigenvalue weighted by atomic mass is 32.1. The van der Waals surface area contributed by atoms with Crippen molar-refractivity contribution in [2.45, 2.75) is 48.5 Å². The van der Waals surface area contributed by atoms with E-state index in [0.29, 0.717) is 10.9 Å². The maximum absolute atomic E-state index is 13.7. The number of carbonyl (C=O) groups excluding carboxylic acids is 11. The Morgan fingerprint density at radius 3 is 1.37 bits per heavy atom. The van der Waals surface area contributed by atoms with E-state index in [1.54, 1.807) is 19.1 Å². The highest BCUT2D eigenvalue weighted by molar-refractivity contribution is 7.80. The van der Waals surface area contributed by atoms with E-state index in [0.717, 1.165) is 56.2 Å². The summed E-state index contributed by atoms with van der Waals surface area (Å²) < 4.78 is 67.5. The first kappa shape index (κ1) is 59.5. The number of hydrogen-bond acceptors (Lipinski definition) is 27. The Balaban J connectivity index is 1.76. The number of carbonyl (C=O) groups is 11. The van der Waals surface area contributed by atoms with E-state index in [-0.39, 0.29) is 58.2 Å². The monoisotopic (exact) mass is 1090 g/mol. The summed E-state index contributed by atoms with van der Waals surface area (Å²) in [5.41, 5.74) is 0.702. The van der Waals surface area contributed by atoms with Gasteiger partial charge in [-0.05, 0) is 49.0 Å². The van der Waals surface area contributed by atoms with Gasteiger partial charge in [0, 0.05) is 59.1 Å². The number of esters is 10. The van der Waals surface area contributed by atoms with Gasteiger partial charge < -0.3 is 71.1 Å². The van der Waals surface area contributed by atoms with E-state index in [2.05, 4.69) is 9.47 Å². The van der Waals surface area contributed by atoms with Crippen molar-refractivity contribution in [3.63, 3.8) is 0 Å². The third-order valence-corrected chi connectivity index (χ3v) is 9.95. The molecule has 0 aliphatic carbocycles. The topological polar surface area (TPSA) is 325 Å². The second kappa shape index (κ2) is 29.0. The van der Waals surface area contributed by atoms with Crippen molar-refractivity contribution >= 4 is 111 Å². The number of benzene rings is 2. The minimum Gasteiger partial charge on any atom is -0.488 e. The van der Waals surface area contributed by atoms with Crippen molar-refractivity contribution in [1.29, 1.82) is 0 Å². The maximum Gasteiger partial charge on any atom is 0.328 e. The molecule has 0 bridgehead atoms. The van der Waals surface area contributed by atoms with E-state index in [1.807, 2.05) is 0 Å².